The van der Waals surface area contributed by atoms with Crippen molar-refractivity contribution >= 4 is 17.6 Å². The highest BCUT2D eigenvalue weighted by Gasteiger charge is 2.13. The number of pyridine rings is 2. The molecule has 0 amide bonds. The van der Waals surface area contributed by atoms with Gasteiger partial charge >= 0.3 is 0 Å². The molecule has 1 aliphatic heterocycles. The lowest BCUT2D eigenvalue weighted by atomic mass is 10.2. The first kappa shape index (κ1) is 14.3. The molecule has 6 nitrogen and oxygen atoms in total. The van der Waals surface area contributed by atoms with Gasteiger partial charge in [-0.05, 0) is 42.7 Å². The van der Waals surface area contributed by atoms with E-state index in [1.807, 2.05) is 30.5 Å². The van der Waals surface area contributed by atoms with Gasteiger partial charge in [0.25, 0.3) is 0 Å². The molecule has 22 heavy (non-hydrogen) atoms. The SMILES string of the molecule is NC(=NCc1ccnc(N2CCCC2)c1)Nc1ccccn1. The first-order chi connectivity index (χ1) is 10.8. The van der Waals surface area contributed by atoms with Crippen molar-refractivity contribution in [3.63, 3.8) is 0 Å². The molecule has 1 aliphatic rings. The van der Waals surface area contributed by atoms with Gasteiger partial charge in [-0.3, -0.25) is 0 Å². The predicted molar refractivity (Wildman–Crippen MR) is 88.9 cm³/mol. The number of guanidine groups is 1. The zero-order valence-corrected chi connectivity index (χ0v) is 12.4. The van der Waals surface area contributed by atoms with E-state index in [1.165, 1.54) is 12.8 Å². The van der Waals surface area contributed by atoms with Gasteiger partial charge in [0, 0.05) is 25.5 Å². The monoisotopic (exact) mass is 296 g/mol. The first-order valence-corrected chi connectivity index (χ1v) is 7.49. The topological polar surface area (TPSA) is 79.4 Å². The molecule has 0 radical (unpaired) electrons. The van der Waals surface area contributed by atoms with E-state index in [9.17, 15) is 0 Å². The van der Waals surface area contributed by atoms with E-state index in [-0.39, 0.29) is 0 Å². The number of anilines is 2. The fraction of sp³-hybridized carbons (Fsp3) is 0.312. The Morgan fingerprint density at radius 3 is 2.82 bits per heavy atom. The highest BCUT2D eigenvalue weighted by Crippen LogP contribution is 2.18. The van der Waals surface area contributed by atoms with Gasteiger partial charge in [-0.2, -0.15) is 0 Å². The Bertz CT molecular complexity index is 634. The molecule has 2 aromatic heterocycles. The fourth-order valence-electron chi connectivity index (χ4n) is 2.46. The average molecular weight is 296 g/mol. The molecule has 0 aromatic carbocycles. The standard InChI is InChI=1S/C16H20N6/c17-16(21-14-5-1-2-7-18-14)20-12-13-6-8-19-15(11-13)22-9-3-4-10-22/h1-2,5-8,11H,3-4,9-10,12H2,(H3,17,18,20,21). The Labute approximate surface area is 130 Å². The number of aliphatic imine (C=N–C) groups is 1. The molecule has 3 rings (SSSR count). The molecule has 6 heteroatoms. The van der Waals surface area contributed by atoms with E-state index in [0.29, 0.717) is 18.3 Å². The molecule has 0 aliphatic carbocycles. The molecule has 3 heterocycles. The molecule has 3 N–H and O–H groups in total. The third-order valence-electron chi connectivity index (χ3n) is 3.59. The summed E-state index contributed by atoms with van der Waals surface area (Å²) in [4.78, 5) is 15.3. The van der Waals surface area contributed by atoms with Crippen LogP contribution >= 0.6 is 0 Å². The van der Waals surface area contributed by atoms with E-state index in [2.05, 4.69) is 31.2 Å². The van der Waals surface area contributed by atoms with Crippen molar-refractivity contribution in [3.05, 3.63) is 48.3 Å². The Kier molecular flexibility index (Phi) is 4.48. The van der Waals surface area contributed by atoms with Crippen molar-refractivity contribution in [1.82, 2.24) is 9.97 Å². The number of nitrogens with zero attached hydrogens (tertiary/aromatic N) is 4. The zero-order valence-electron chi connectivity index (χ0n) is 12.4. The van der Waals surface area contributed by atoms with E-state index in [4.69, 9.17) is 5.73 Å². The summed E-state index contributed by atoms with van der Waals surface area (Å²) in [6.45, 7) is 2.70. The molecule has 1 fully saturated rings. The quantitative estimate of drug-likeness (QED) is 0.666. The van der Waals surface area contributed by atoms with Crippen molar-refractivity contribution in [2.24, 2.45) is 10.7 Å². The van der Waals surface area contributed by atoms with Gasteiger partial charge in [0.05, 0.1) is 6.54 Å². The maximum absolute atomic E-state index is 5.89. The molecular weight excluding hydrogens is 276 g/mol. The van der Waals surface area contributed by atoms with Crippen LogP contribution < -0.4 is 16.0 Å². The first-order valence-electron chi connectivity index (χ1n) is 7.49. The van der Waals surface area contributed by atoms with Crippen molar-refractivity contribution in [2.75, 3.05) is 23.3 Å². The molecular formula is C16H20N6. The minimum absolute atomic E-state index is 0.359. The second-order valence-electron chi connectivity index (χ2n) is 5.26. The van der Waals surface area contributed by atoms with Crippen molar-refractivity contribution in [2.45, 2.75) is 19.4 Å². The summed E-state index contributed by atoms with van der Waals surface area (Å²) in [5.74, 6) is 2.08. The average Bonchev–Trinajstić information content (AvgIpc) is 3.09. The number of hydrogen-bond donors (Lipinski definition) is 2. The molecule has 2 aromatic rings. The van der Waals surface area contributed by atoms with Crippen molar-refractivity contribution in [3.8, 4) is 0 Å². The van der Waals surface area contributed by atoms with Crippen LogP contribution in [0.2, 0.25) is 0 Å². The van der Waals surface area contributed by atoms with Gasteiger partial charge in [0.2, 0.25) is 0 Å². The highest BCUT2D eigenvalue weighted by molar-refractivity contribution is 5.91. The normalized spacial score (nSPS) is 15.1. The molecule has 0 spiro atoms. The van der Waals surface area contributed by atoms with Crippen LogP contribution in [0.15, 0.2) is 47.7 Å². The summed E-state index contributed by atoms with van der Waals surface area (Å²) >= 11 is 0. The maximum Gasteiger partial charge on any atom is 0.194 e. The van der Waals surface area contributed by atoms with Crippen molar-refractivity contribution in [1.29, 1.82) is 0 Å². The number of rotatable bonds is 4. The number of nitrogens with one attached hydrogen (secondary N) is 1. The number of nitrogens with two attached hydrogens (primary N) is 1. The van der Waals surface area contributed by atoms with Gasteiger partial charge < -0.3 is 16.0 Å². The van der Waals surface area contributed by atoms with Gasteiger partial charge in [-0.1, -0.05) is 6.07 Å². The summed E-state index contributed by atoms with van der Waals surface area (Å²) < 4.78 is 0. The summed E-state index contributed by atoms with van der Waals surface area (Å²) in [5, 5.41) is 2.97. The van der Waals surface area contributed by atoms with Gasteiger partial charge in [0.15, 0.2) is 5.96 Å². The molecule has 0 bridgehead atoms. The van der Waals surface area contributed by atoms with Crippen LogP contribution in [0, 0.1) is 0 Å². The second kappa shape index (κ2) is 6.89. The van der Waals surface area contributed by atoms with Gasteiger partial charge in [-0.15, -0.1) is 0 Å². The van der Waals surface area contributed by atoms with Crippen LogP contribution in [0.3, 0.4) is 0 Å². The molecule has 114 valence electrons. The van der Waals surface area contributed by atoms with Crippen LogP contribution in [-0.2, 0) is 6.54 Å². The van der Waals surface area contributed by atoms with Crippen LogP contribution in [0.1, 0.15) is 18.4 Å². The fourth-order valence-corrected chi connectivity index (χ4v) is 2.46. The predicted octanol–water partition coefficient (Wildman–Crippen LogP) is 2.00. The van der Waals surface area contributed by atoms with E-state index < -0.39 is 0 Å². The van der Waals surface area contributed by atoms with Crippen LogP contribution in [0.25, 0.3) is 0 Å². The summed E-state index contributed by atoms with van der Waals surface area (Å²) in [6.07, 6.45) is 6.03. The second-order valence-corrected chi connectivity index (χ2v) is 5.26. The van der Waals surface area contributed by atoms with Crippen LogP contribution in [0.5, 0.6) is 0 Å². The third-order valence-corrected chi connectivity index (χ3v) is 3.59. The third kappa shape index (κ3) is 3.72. The molecule has 0 saturated carbocycles. The Balaban J connectivity index is 1.62. The number of hydrogen-bond acceptors (Lipinski definition) is 4. The van der Waals surface area contributed by atoms with Crippen LogP contribution in [0.4, 0.5) is 11.6 Å². The zero-order chi connectivity index (χ0) is 15.2. The summed E-state index contributed by atoms with van der Waals surface area (Å²) in [5.41, 5.74) is 6.99. The lowest BCUT2D eigenvalue weighted by Gasteiger charge is -2.16. The van der Waals surface area contributed by atoms with E-state index in [0.717, 1.165) is 24.5 Å². The Hall–Kier alpha value is -2.63. The van der Waals surface area contributed by atoms with Gasteiger partial charge in [0.1, 0.15) is 11.6 Å². The Morgan fingerprint density at radius 2 is 2.05 bits per heavy atom. The van der Waals surface area contributed by atoms with Crippen molar-refractivity contribution < 1.29 is 0 Å². The minimum atomic E-state index is 0.359. The lowest BCUT2D eigenvalue weighted by Crippen LogP contribution is -2.23. The molecule has 1 saturated heterocycles. The van der Waals surface area contributed by atoms with E-state index >= 15 is 0 Å². The summed E-state index contributed by atoms with van der Waals surface area (Å²) in [6, 6.07) is 9.66. The van der Waals surface area contributed by atoms with E-state index in [1.54, 1.807) is 6.20 Å². The highest BCUT2D eigenvalue weighted by atomic mass is 15.2. The van der Waals surface area contributed by atoms with Gasteiger partial charge in [-0.25, -0.2) is 15.0 Å². The Morgan fingerprint density at radius 1 is 1.18 bits per heavy atom. The molecule has 0 unspecified atom stereocenters. The molecule has 0 atom stereocenters. The minimum Gasteiger partial charge on any atom is -0.370 e. The summed E-state index contributed by atoms with van der Waals surface area (Å²) in [7, 11) is 0. The van der Waals surface area contributed by atoms with Crippen LogP contribution in [-0.4, -0.2) is 29.0 Å². The smallest absolute Gasteiger partial charge is 0.194 e. The number of aromatic nitrogens is 2. The maximum atomic E-state index is 5.89. The largest absolute Gasteiger partial charge is 0.370 e. The lowest BCUT2D eigenvalue weighted by molar-refractivity contribution is 0.928.